The highest BCUT2D eigenvalue weighted by molar-refractivity contribution is 7.89. The molecule has 2 aromatic rings. The topological polar surface area (TPSA) is 68.1 Å². The van der Waals surface area contributed by atoms with Crippen LogP contribution in [0.2, 0.25) is 0 Å². The Labute approximate surface area is 124 Å². The van der Waals surface area contributed by atoms with Gasteiger partial charge in [-0.3, -0.25) is 0 Å². The summed E-state index contributed by atoms with van der Waals surface area (Å²) in [6.45, 7) is 3.01. The third kappa shape index (κ3) is 2.71. The van der Waals surface area contributed by atoms with E-state index in [2.05, 4.69) is 10.3 Å². The molecule has 0 spiro atoms. The van der Waals surface area contributed by atoms with Gasteiger partial charge in [0.1, 0.15) is 0 Å². The van der Waals surface area contributed by atoms with E-state index in [-0.39, 0.29) is 6.04 Å². The summed E-state index contributed by atoms with van der Waals surface area (Å²) in [5.74, 6) is 0. The first-order chi connectivity index (χ1) is 10.1. The van der Waals surface area contributed by atoms with E-state index in [0.717, 1.165) is 18.4 Å². The summed E-state index contributed by atoms with van der Waals surface area (Å²) in [5, 5.41) is 7.73. The lowest BCUT2D eigenvalue weighted by Gasteiger charge is -2.16. The molecule has 1 aromatic heterocycles. The zero-order chi connectivity index (χ0) is 14.9. The van der Waals surface area contributed by atoms with Crippen molar-refractivity contribution < 1.29 is 8.42 Å². The third-order valence-corrected chi connectivity index (χ3v) is 5.79. The second-order valence-electron chi connectivity index (χ2n) is 5.19. The van der Waals surface area contributed by atoms with Crippen molar-refractivity contribution in [2.24, 2.45) is 0 Å². The number of aromatic nitrogens is 3. The smallest absolute Gasteiger partial charge is 0.243 e. The zero-order valence-electron chi connectivity index (χ0n) is 11.9. The number of hydrogen-bond donors (Lipinski definition) is 0. The van der Waals surface area contributed by atoms with Gasteiger partial charge in [-0.1, -0.05) is 24.3 Å². The Bertz CT molecular complexity index is 695. The predicted octanol–water partition coefficient (Wildman–Crippen LogP) is 1.48. The molecular formula is C14H18N4O2S. The fraction of sp³-hybridized carbons (Fsp3) is 0.429. The molecule has 1 aliphatic heterocycles. The van der Waals surface area contributed by atoms with E-state index in [1.165, 1.54) is 4.31 Å². The number of sulfonamides is 1. The van der Waals surface area contributed by atoms with E-state index in [1.807, 2.05) is 19.1 Å². The Morgan fingerprint density at radius 3 is 2.67 bits per heavy atom. The molecule has 0 saturated carbocycles. The fourth-order valence-corrected chi connectivity index (χ4v) is 4.10. The molecule has 3 rings (SSSR count). The SMILES string of the molecule is CCc1ccc(S(=O)(=O)N2CCC(n3ccnn3)C2)cc1. The maximum atomic E-state index is 12.6. The summed E-state index contributed by atoms with van der Waals surface area (Å²) >= 11 is 0. The first-order valence-corrected chi connectivity index (χ1v) is 8.50. The van der Waals surface area contributed by atoms with Crippen LogP contribution in [0.4, 0.5) is 0 Å². The van der Waals surface area contributed by atoms with Crippen LogP contribution >= 0.6 is 0 Å². The summed E-state index contributed by atoms with van der Waals surface area (Å²) < 4.78 is 28.5. The van der Waals surface area contributed by atoms with Crippen LogP contribution in [-0.2, 0) is 16.4 Å². The largest absolute Gasteiger partial charge is 0.248 e. The van der Waals surface area contributed by atoms with Crippen molar-refractivity contribution in [3.63, 3.8) is 0 Å². The highest BCUT2D eigenvalue weighted by Crippen LogP contribution is 2.26. The number of rotatable bonds is 4. The molecule has 21 heavy (non-hydrogen) atoms. The van der Waals surface area contributed by atoms with Gasteiger partial charge in [0.25, 0.3) is 0 Å². The Morgan fingerprint density at radius 2 is 2.05 bits per heavy atom. The van der Waals surface area contributed by atoms with Gasteiger partial charge in [0.15, 0.2) is 0 Å². The van der Waals surface area contributed by atoms with E-state index in [9.17, 15) is 8.42 Å². The van der Waals surface area contributed by atoms with Gasteiger partial charge in [0.05, 0.1) is 17.1 Å². The van der Waals surface area contributed by atoms with Gasteiger partial charge < -0.3 is 0 Å². The molecule has 1 saturated heterocycles. The molecule has 0 aliphatic carbocycles. The van der Waals surface area contributed by atoms with Crippen molar-refractivity contribution in [2.75, 3.05) is 13.1 Å². The van der Waals surface area contributed by atoms with Crippen molar-refractivity contribution in [3.05, 3.63) is 42.2 Å². The van der Waals surface area contributed by atoms with Crippen LogP contribution in [0.15, 0.2) is 41.6 Å². The lowest BCUT2D eigenvalue weighted by atomic mass is 10.2. The van der Waals surface area contributed by atoms with Crippen molar-refractivity contribution in [2.45, 2.75) is 30.7 Å². The second kappa shape index (κ2) is 5.57. The quantitative estimate of drug-likeness (QED) is 0.858. The maximum absolute atomic E-state index is 12.6. The summed E-state index contributed by atoms with van der Waals surface area (Å²) in [5.41, 5.74) is 1.14. The molecule has 0 amide bonds. The van der Waals surface area contributed by atoms with Gasteiger partial charge in [0.2, 0.25) is 10.0 Å². The molecule has 1 fully saturated rings. The van der Waals surface area contributed by atoms with E-state index < -0.39 is 10.0 Å². The zero-order valence-corrected chi connectivity index (χ0v) is 12.7. The van der Waals surface area contributed by atoms with Crippen LogP contribution in [0.25, 0.3) is 0 Å². The molecule has 1 unspecified atom stereocenters. The Morgan fingerprint density at radius 1 is 1.29 bits per heavy atom. The average Bonchev–Trinajstić information content (AvgIpc) is 3.18. The van der Waals surface area contributed by atoms with Crippen LogP contribution in [-0.4, -0.2) is 40.8 Å². The van der Waals surface area contributed by atoms with Crippen LogP contribution in [0.1, 0.15) is 24.9 Å². The minimum absolute atomic E-state index is 0.0668. The fourth-order valence-electron chi connectivity index (χ4n) is 2.60. The number of benzene rings is 1. The summed E-state index contributed by atoms with van der Waals surface area (Å²) in [6.07, 6.45) is 5.05. The molecular weight excluding hydrogens is 288 g/mol. The van der Waals surface area contributed by atoms with Crippen molar-refractivity contribution in [3.8, 4) is 0 Å². The Balaban J connectivity index is 1.79. The number of aryl methyl sites for hydroxylation is 1. The highest BCUT2D eigenvalue weighted by atomic mass is 32.2. The van der Waals surface area contributed by atoms with Crippen molar-refractivity contribution in [1.29, 1.82) is 0 Å². The van der Waals surface area contributed by atoms with Gasteiger partial charge >= 0.3 is 0 Å². The highest BCUT2D eigenvalue weighted by Gasteiger charge is 2.33. The van der Waals surface area contributed by atoms with E-state index in [4.69, 9.17) is 0 Å². The second-order valence-corrected chi connectivity index (χ2v) is 7.12. The number of nitrogens with zero attached hydrogens (tertiary/aromatic N) is 4. The molecule has 112 valence electrons. The van der Waals surface area contributed by atoms with Crippen LogP contribution < -0.4 is 0 Å². The van der Waals surface area contributed by atoms with Gasteiger partial charge in [-0.25, -0.2) is 13.1 Å². The minimum Gasteiger partial charge on any atom is -0.248 e. The molecule has 0 N–H and O–H groups in total. The van der Waals surface area contributed by atoms with Gasteiger partial charge in [-0.2, -0.15) is 4.31 Å². The number of hydrogen-bond acceptors (Lipinski definition) is 4. The molecule has 1 atom stereocenters. The molecule has 6 nitrogen and oxygen atoms in total. The summed E-state index contributed by atoms with van der Waals surface area (Å²) in [4.78, 5) is 0.360. The Kier molecular flexibility index (Phi) is 3.77. The van der Waals surface area contributed by atoms with Crippen LogP contribution in [0.3, 0.4) is 0 Å². The van der Waals surface area contributed by atoms with E-state index >= 15 is 0 Å². The molecule has 0 radical (unpaired) electrons. The van der Waals surface area contributed by atoms with E-state index in [0.29, 0.717) is 18.0 Å². The predicted molar refractivity (Wildman–Crippen MR) is 78.3 cm³/mol. The first kappa shape index (κ1) is 14.2. The van der Waals surface area contributed by atoms with Crippen molar-refractivity contribution >= 4 is 10.0 Å². The molecule has 0 bridgehead atoms. The molecule has 2 heterocycles. The lowest BCUT2D eigenvalue weighted by molar-refractivity contribution is 0.428. The summed E-state index contributed by atoms with van der Waals surface area (Å²) in [7, 11) is -3.42. The Hall–Kier alpha value is -1.73. The average molecular weight is 306 g/mol. The summed E-state index contributed by atoms with van der Waals surface area (Å²) in [6, 6.07) is 7.20. The minimum atomic E-state index is -3.42. The van der Waals surface area contributed by atoms with E-state index in [1.54, 1.807) is 29.2 Å². The normalized spacial score (nSPS) is 20.0. The lowest BCUT2D eigenvalue weighted by Crippen LogP contribution is -2.29. The monoisotopic (exact) mass is 306 g/mol. The molecule has 1 aliphatic rings. The van der Waals surface area contributed by atoms with Crippen molar-refractivity contribution in [1.82, 2.24) is 19.3 Å². The molecule has 7 heteroatoms. The first-order valence-electron chi connectivity index (χ1n) is 7.06. The standard InChI is InChI=1S/C14H18N4O2S/c1-2-12-3-5-14(6-4-12)21(19,20)17-9-7-13(11-17)18-10-8-15-16-18/h3-6,8,10,13H,2,7,9,11H2,1H3. The van der Waals surface area contributed by atoms with Crippen LogP contribution in [0.5, 0.6) is 0 Å². The van der Waals surface area contributed by atoms with Gasteiger partial charge in [-0.15, -0.1) is 5.10 Å². The van der Waals surface area contributed by atoms with Crippen LogP contribution in [0, 0.1) is 0 Å². The molecule has 1 aromatic carbocycles. The van der Waals surface area contributed by atoms with Gasteiger partial charge in [0, 0.05) is 19.3 Å². The maximum Gasteiger partial charge on any atom is 0.243 e. The van der Waals surface area contributed by atoms with Gasteiger partial charge in [-0.05, 0) is 30.5 Å². The third-order valence-electron chi connectivity index (χ3n) is 3.91.